The zero-order valence-electron chi connectivity index (χ0n) is 12.4. The first-order valence-corrected chi connectivity index (χ1v) is 8.69. The summed E-state index contributed by atoms with van der Waals surface area (Å²) in [4.78, 5) is 17.8. The van der Waals surface area contributed by atoms with E-state index in [-0.39, 0.29) is 0 Å². The highest BCUT2D eigenvalue weighted by Crippen LogP contribution is 2.25. The van der Waals surface area contributed by atoms with E-state index in [0.717, 1.165) is 31.4 Å². The van der Waals surface area contributed by atoms with Gasteiger partial charge in [-0.2, -0.15) is 0 Å². The molecule has 0 radical (unpaired) electrons. The highest BCUT2D eigenvalue weighted by Gasteiger charge is 2.08. The molecule has 0 aliphatic rings. The molecule has 6 nitrogen and oxygen atoms in total. The Morgan fingerprint density at radius 3 is 2.91 bits per heavy atom. The van der Waals surface area contributed by atoms with Crippen molar-refractivity contribution in [3.8, 4) is 0 Å². The lowest BCUT2D eigenvalue weighted by Gasteiger charge is -2.03. The number of rotatable bonds is 7. The van der Waals surface area contributed by atoms with E-state index in [1.807, 2.05) is 22.1 Å². The number of nitrogen functional groups attached to an aromatic ring is 1. The third kappa shape index (κ3) is 4.97. The Bertz CT molecular complexity index is 624. The monoisotopic (exact) mass is 340 g/mol. The van der Waals surface area contributed by atoms with Crippen LogP contribution >= 0.6 is 22.7 Å². The minimum absolute atomic E-state index is 0.369. The number of hydrogen-bond donors (Lipinski definition) is 3. The summed E-state index contributed by atoms with van der Waals surface area (Å²) in [5, 5.41) is 2.64. The van der Waals surface area contributed by atoms with Crippen LogP contribution in [-0.2, 0) is 24.0 Å². The Kier molecular flexibility index (Phi) is 6.17. The number of nitrogens with zero attached hydrogens (tertiary/aromatic N) is 1. The molecule has 22 heavy (non-hydrogen) atoms. The van der Waals surface area contributed by atoms with Crippen molar-refractivity contribution in [2.45, 2.75) is 32.6 Å². The summed E-state index contributed by atoms with van der Waals surface area (Å²) in [6.45, 7) is 2.48. The number of amides is 1. The summed E-state index contributed by atoms with van der Waals surface area (Å²) in [6.07, 6.45) is 2.98. The van der Waals surface area contributed by atoms with Gasteiger partial charge in [-0.15, -0.1) is 22.7 Å². The lowest BCUT2D eigenvalue weighted by Crippen LogP contribution is -2.30. The van der Waals surface area contributed by atoms with E-state index in [1.54, 1.807) is 0 Å². The van der Waals surface area contributed by atoms with Gasteiger partial charge < -0.3 is 10.5 Å². The molecule has 2 aromatic heterocycles. The molecule has 0 unspecified atom stereocenters. The molecule has 5 N–H and O–H groups in total. The second kappa shape index (κ2) is 8.11. The van der Waals surface area contributed by atoms with Gasteiger partial charge >= 0.3 is 6.09 Å². The zero-order chi connectivity index (χ0) is 15.9. The van der Waals surface area contributed by atoms with Crippen LogP contribution in [0.2, 0.25) is 0 Å². The molecule has 1 amide bonds. The normalized spacial score (nSPS) is 10.6. The number of anilines is 1. The molecule has 0 saturated carbocycles. The Morgan fingerprint density at radius 2 is 2.23 bits per heavy atom. The number of aromatic nitrogens is 1. The number of hydrogen-bond acceptors (Lipinski definition) is 7. The molecule has 120 valence electrons. The number of nitrogens with two attached hydrogens (primary N) is 2. The maximum atomic E-state index is 10.8. The Labute approximate surface area is 137 Å². The van der Waals surface area contributed by atoms with Gasteiger partial charge in [0.1, 0.15) is 0 Å². The largest absolute Gasteiger partial charge is 0.449 e. The summed E-state index contributed by atoms with van der Waals surface area (Å²) >= 11 is 3.29. The topological polar surface area (TPSA) is 103 Å². The summed E-state index contributed by atoms with van der Waals surface area (Å²) in [7, 11) is 0. The third-order valence-electron chi connectivity index (χ3n) is 3.17. The summed E-state index contributed by atoms with van der Waals surface area (Å²) in [5.41, 5.74) is 9.92. The quantitative estimate of drug-likeness (QED) is 0.311. The van der Waals surface area contributed by atoms with Crippen molar-refractivity contribution in [1.29, 1.82) is 0 Å². The number of hydrazine groups is 1. The van der Waals surface area contributed by atoms with Crippen molar-refractivity contribution in [3.63, 3.8) is 0 Å². The van der Waals surface area contributed by atoms with E-state index in [0.29, 0.717) is 11.7 Å². The number of carbonyl (C=O) groups excluding carboxylic acids is 1. The van der Waals surface area contributed by atoms with Gasteiger partial charge in [0.15, 0.2) is 5.13 Å². The van der Waals surface area contributed by atoms with Crippen LogP contribution in [0.4, 0.5) is 9.93 Å². The van der Waals surface area contributed by atoms with Gasteiger partial charge in [-0.3, -0.25) is 5.43 Å². The van der Waals surface area contributed by atoms with Gasteiger partial charge in [0.25, 0.3) is 0 Å². The van der Waals surface area contributed by atoms with Gasteiger partial charge in [-0.1, -0.05) is 0 Å². The smallest absolute Gasteiger partial charge is 0.421 e. The van der Waals surface area contributed by atoms with Crippen molar-refractivity contribution >= 4 is 33.9 Å². The Hall–Kier alpha value is -1.64. The van der Waals surface area contributed by atoms with Crippen LogP contribution in [-0.4, -0.2) is 17.7 Å². The second-order valence-corrected chi connectivity index (χ2v) is 6.99. The van der Waals surface area contributed by atoms with Crippen LogP contribution in [0, 0.1) is 6.92 Å². The fourth-order valence-corrected chi connectivity index (χ4v) is 3.91. The molecule has 0 saturated heterocycles. The maximum absolute atomic E-state index is 10.8. The summed E-state index contributed by atoms with van der Waals surface area (Å²) < 4.78 is 4.88. The fourth-order valence-electron chi connectivity index (χ4n) is 2.09. The predicted molar refractivity (Wildman–Crippen MR) is 90.0 cm³/mol. The van der Waals surface area contributed by atoms with Crippen LogP contribution in [0.1, 0.15) is 27.4 Å². The van der Waals surface area contributed by atoms with E-state index in [2.05, 4.69) is 18.0 Å². The van der Waals surface area contributed by atoms with Gasteiger partial charge in [0.2, 0.25) is 0 Å². The first-order valence-electron chi connectivity index (χ1n) is 7.00. The van der Waals surface area contributed by atoms with Crippen LogP contribution in [0.15, 0.2) is 11.4 Å². The second-order valence-electron chi connectivity index (χ2n) is 4.88. The highest BCUT2D eigenvalue weighted by atomic mass is 32.1. The van der Waals surface area contributed by atoms with E-state index in [9.17, 15) is 4.79 Å². The molecule has 2 aromatic rings. The van der Waals surface area contributed by atoms with Crippen LogP contribution in [0.3, 0.4) is 0 Å². The molecule has 2 heterocycles. The van der Waals surface area contributed by atoms with Gasteiger partial charge in [-0.25, -0.2) is 15.6 Å². The van der Waals surface area contributed by atoms with E-state index in [1.165, 1.54) is 26.7 Å². The number of aryl methyl sites for hydroxylation is 4. The van der Waals surface area contributed by atoms with E-state index < -0.39 is 6.09 Å². The fraction of sp³-hybridized carbons (Fsp3) is 0.429. The van der Waals surface area contributed by atoms with Crippen LogP contribution in [0.25, 0.3) is 0 Å². The van der Waals surface area contributed by atoms with Crippen LogP contribution < -0.4 is 17.0 Å². The minimum atomic E-state index is -0.592. The molecule has 0 aliphatic heterocycles. The van der Waals surface area contributed by atoms with Crippen molar-refractivity contribution < 1.29 is 9.53 Å². The molecular formula is C14H20N4O2S2. The molecule has 0 bridgehead atoms. The number of ether oxygens (including phenoxy) is 1. The maximum Gasteiger partial charge on any atom is 0.421 e. The standard InChI is InChI=1S/C14H20N4O2S2/c1-9-7-11(5-4-10-8-21-13(15)17-10)22-12(9)3-2-6-20-14(19)18-16/h7-8H,2-6,16H2,1H3,(H2,15,17)(H,18,19). The lowest BCUT2D eigenvalue weighted by atomic mass is 10.1. The number of thiophene rings is 1. The molecule has 0 spiro atoms. The molecule has 0 aromatic carbocycles. The predicted octanol–water partition coefficient (Wildman–Crippen LogP) is 2.41. The van der Waals surface area contributed by atoms with E-state index in [4.69, 9.17) is 16.3 Å². The average molecular weight is 340 g/mol. The first kappa shape index (κ1) is 16.7. The molecule has 2 rings (SSSR count). The molecule has 0 aliphatic carbocycles. The lowest BCUT2D eigenvalue weighted by molar-refractivity contribution is 0.145. The van der Waals surface area contributed by atoms with Crippen molar-refractivity contribution in [2.24, 2.45) is 5.84 Å². The Morgan fingerprint density at radius 1 is 1.41 bits per heavy atom. The van der Waals surface area contributed by atoms with Crippen molar-refractivity contribution in [3.05, 3.63) is 32.5 Å². The number of thiazole rings is 1. The highest BCUT2D eigenvalue weighted by molar-refractivity contribution is 7.13. The minimum Gasteiger partial charge on any atom is -0.449 e. The average Bonchev–Trinajstić information content (AvgIpc) is 3.07. The van der Waals surface area contributed by atoms with Crippen molar-refractivity contribution in [1.82, 2.24) is 10.4 Å². The third-order valence-corrected chi connectivity index (χ3v) is 5.25. The molecule has 0 fully saturated rings. The molecular weight excluding hydrogens is 320 g/mol. The van der Waals surface area contributed by atoms with Gasteiger partial charge in [-0.05, 0) is 44.2 Å². The van der Waals surface area contributed by atoms with Crippen LogP contribution in [0.5, 0.6) is 0 Å². The van der Waals surface area contributed by atoms with Gasteiger partial charge in [0, 0.05) is 15.1 Å². The van der Waals surface area contributed by atoms with Gasteiger partial charge in [0.05, 0.1) is 12.3 Å². The summed E-state index contributed by atoms with van der Waals surface area (Å²) in [5.74, 6) is 4.94. The van der Waals surface area contributed by atoms with Crippen molar-refractivity contribution in [2.75, 3.05) is 12.3 Å². The first-order chi connectivity index (χ1) is 10.6. The number of nitrogens with one attached hydrogen (secondary N) is 1. The number of carbonyl (C=O) groups is 1. The van der Waals surface area contributed by atoms with E-state index >= 15 is 0 Å². The Balaban J connectivity index is 1.79. The molecule has 8 heteroatoms. The SMILES string of the molecule is Cc1cc(CCc2csc(N)n2)sc1CCCOC(=O)NN. The molecule has 0 atom stereocenters. The summed E-state index contributed by atoms with van der Waals surface area (Å²) in [6, 6.07) is 2.23. The zero-order valence-corrected chi connectivity index (χ0v) is 14.1.